The van der Waals surface area contributed by atoms with E-state index in [0.717, 1.165) is 16.7 Å². The van der Waals surface area contributed by atoms with Crippen molar-refractivity contribution in [1.82, 2.24) is 24.2 Å². The summed E-state index contributed by atoms with van der Waals surface area (Å²) in [5.41, 5.74) is 2.64. The van der Waals surface area contributed by atoms with Gasteiger partial charge in [0.2, 0.25) is 0 Å². The van der Waals surface area contributed by atoms with Gasteiger partial charge in [0.15, 0.2) is 31.5 Å². The number of nitrogens with one attached hydrogen (secondary N) is 1. The molecule has 1 unspecified atom stereocenters. The number of anilines is 1. The number of carbonyl (C=O) groups is 1. The number of rotatable bonds is 21. The fraction of sp³-hybridized carbons (Fsp3) is 0.415. The van der Waals surface area contributed by atoms with Gasteiger partial charge >= 0.3 is 0 Å². The number of amides is 1. The van der Waals surface area contributed by atoms with E-state index in [9.17, 15) is 10.1 Å². The molecule has 370 valence electrons. The van der Waals surface area contributed by atoms with Gasteiger partial charge in [-0.3, -0.25) is 9.36 Å². The quantitative estimate of drug-likeness (QED) is 0.0314. The van der Waals surface area contributed by atoms with E-state index in [1.165, 1.54) is 6.33 Å². The van der Waals surface area contributed by atoms with Crippen LogP contribution in [0.25, 0.3) is 11.2 Å². The highest BCUT2D eigenvalue weighted by atomic mass is 31.2. The Labute approximate surface area is 414 Å². The van der Waals surface area contributed by atoms with Crippen molar-refractivity contribution >= 4 is 39.7 Å². The van der Waals surface area contributed by atoms with E-state index >= 15 is 0 Å². The summed E-state index contributed by atoms with van der Waals surface area (Å²) in [6.45, 7) is 19.6. The molecule has 1 saturated heterocycles. The van der Waals surface area contributed by atoms with Gasteiger partial charge in [-0.05, 0) is 98.9 Å². The number of ether oxygens (including phenoxy) is 4. The molecule has 70 heavy (non-hydrogen) atoms. The van der Waals surface area contributed by atoms with Crippen molar-refractivity contribution < 1.29 is 37.2 Å². The predicted octanol–water partition coefficient (Wildman–Crippen LogP) is 11.1. The number of imidazole rings is 1. The molecule has 1 aliphatic rings. The van der Waals surface area contributed by atoms with Gasteiger partial charge in [-0.2, -0.15) is 5.26 Å². The first-order valence-corrected chi connectivity index (χ1v) is 27.7. The van der Waals surface area contributed by atoms with Crippen LogP contribution in [0.2, 0.25) is 18.1 Å². The minimum atomic E-state index is -2.65. The zero-order chi connectivity index (χ0) is 50.2. The van der Waals surface area contributed by atoms with Gasteiger partial charge in [-0.25, -0.2) is 19.6 Å². The summed E-state index contributed by atoms with van der Waals surface area (Å²) >= 11 is 0. The molecule has 4 aromatic carbocycles. The van der Waals surface area contributed by atoms with Gasteiger partial charge in [0.1, 0.15) is 41.7 Å². The summed E-state index contributed by atoms with van der Waals surface area (Å²) in [7, 11) is -1.19. The van der Waals surface area contributed by atoms with E-state index in [4.69, 9.17) is 42.4 Å². The Morgan fingerprint density at radius 2 is 1.40 bits per heavy atom. The molecular weight excluding hydrogens is 922 g/mol. The number of hydrogen-bond acceptors (Lipinski definition) is 13. The Hall–Kier alpha value is -5.60. The molecule has 17 heteroatoms. The molecule has 0 aliphatic carbocycles. The molecule has 1 N–H and O–H groups in total. The van der Waals surface area contributed by atoms with Crippen molar-refractivity contribution in [3.05, 3.63) is 144 Å². The molecule has 3 heterocycles. The van der Waals surface area contributed by atoms with Gasteiger partial charge in [-0.15, -0.1) is 0 Å². The maximum absolute atomic E-state index is 13.5. The van der Waals surface area contributed by atoms with E-state index in [1.54, 1.807) is 44.8 Å². The molecule has 1 amide bonds. The van der Waals surface area contributed by atoms with Crippen LogP contribution >= 0.6 is 8.53 Å². The van der Waals surface area contributed by atoms with Crippen LogP contribution in [-0.4, -0.2) is 96.2 Å². The lowest BCUT2D eigenvalue weighted by molar-refractivity contribution is -0.0928. The van der Waals surface area contributed by atoms with Crippen molar-refractivity contribution in [2.75, 3.05) is 32.8 Å². The van der Waals surface area contributed by atoms with Crippen LogP contribution in [0.1, 0.15) is 88.2 Å². The van der Waals surface area contributed by atoms with Gasteiger partial charge < -0.3 is 37.7 Å². The average Bonchev–Trinajstić information content (AvgIpc) is 3.93. The Kier molecular flexibility index (Phi) is 16.9. The van der Waals surface area contributed by atoms with Crippen LogP contribution in [0.3, 0.4) is 0 Å². The van der Waals surface area contributed by atoms with Gasteiger partial charge in [0, 0.05) is 17.6 Å². The highest BCUT2D eigenvalue weighted by Crippen LogP contribution is 2.53. The summed E-state index contributed by atoms with van der Waals surface area (Å²) in [5, 5.41) is 12.4. The summed E-state index contributed by atoms with van der Waals surface area (Å²) in [5.74, 6) is 1.30. The number of nitrogens with zero attached hydrogens (tertiary/aromatic N) is 6. The molecule has 0 saturated carbocycles. The third-order valence-electron chi connectivity index (χ3n) is 12.9. The van der Waals surface area contributed by atoms with Crippen LogP contribution in [0.5, 0.6) is 11.5 Å². The fourth-order valence-corrected chi connectivity index (χ4v) is 11.5. The Morgan fingerprint density at radius 3 is 1.94 bits per heavy atom. The maximum atomic E-state index is 13.5. The summed E-state index contributed by atoms with van der Waals surface area (Å²) in [6, 6.07) is 37.1. The first kappa shape index (κ1) is 52.2. The van der Waals surface area contributed by atoms with Crippen LogP contribution in [0.4, 0.5) is 5.82 Å². The number of fused-ring (bicyclic) bond motifs is 1. The number of benzene rings is 4. The molecule has 15 nitrogen and oxygen atoms in total. The highest BCUT2D eigenvalue weighted by Gasteiger charge is 2.54. The standard InChI is InChI=1S/C53H66N7O8PSi/c1-36(2)60(37(3)4)69(65-32-18-31-54)67-47-46(68-70(10,11)52(5,6)7)44(66-51(47)59-35-57-45-48(55-34-56-49(45)59)58-50(61)38-19-14-12-15-20-38)33-64-53(39-21-16-13-17-22-39,40-23-27-42(62-8)28-24-40)41-25-29-43(63-9)30-26-41/h12-17,19-30,34-37,44,46-47,51H,18,32-33H2,1-11H3,(H,55,56,58,61)/t44-,46-,47-,51-,69?/m1/s1. The fourth-order valence-electron chi connectivity index (χ4n) is 8.42. The zero-order valence-corrected chi connectivity index (χ0v) is 43.9. The number of carbonyl (C=O) groups excluding carboxylic acids is 1. The van der Waals surface area contributed by atoms with Gasteiger partial charge in [-0.1, -0.05) is 93.6 Å². The largest absolute Gasteiger partial charge is 0.497 e. The highest BCUT2D eigenvalue weighted by molar-refractivity contribution is 7.44. The second-order valence-electron chi connectivity index (χ2n) is 19.2. The van der Waals surface area contributed by atoms with Crippen molar-refractivity contribution in [3.8, 4) is 17.6 Å². The Bertz CT molecular complexity index is 2620. The molecule has 5 atom stereocenters. The number of hydrogen-bond donors (Lipinski definition) is 1. The van der Waals surface area contributed by atoms with Gasteiger partial charge in [0.05, 0.1) is 46.3 Å². The van der Waals surface area contributed by atoms with E-state index in [0.29, 0.717) is 28.2 Å². The van der Waals surface area contributed by atoms with Crippen LogP contribution < -0.4 is 14.8 Å². The number of aromatic nitrogens is 4. The topological polar surface area (TPSA) is 164 Å². The molecular formula is C53H66N7O8PSi. The van der Waals surface area contributed by atoms with Crippen molar-refractivity contribution in [2.45, 2.75) is 115 Å². The SMILES string of the molecule is COc1ccc(C(OC[C@H]2O[C@@H](n3cnc4c(NC(=O)c5ccccc5)ncnc43)[C@H](OP(OCCC#N)N(C(C)C)C(C)C)[C@@H]2O[Si](C)(C)C(C)(C)C)(c2ccccc2)c2ccc(OC)cc2)cc1. The van der Waals surface area contributed by atoms with E-state index in [-0.39, 0.29) is 48.5 Å². The third-order valence-corrected chi connectivity index (χ3v) is 19.5. The van der Waals surface area contributed by atoms with Gasteiger partial charge in [0.25, 0.3) is 14.4 Å². The second kappa shape index (κ2) is 22.6. The van der Waals surface area contributed by atoms with Crippen molar-refractivity contribution in [2.24, 2.45) is 0 Å². The summed E-state index contributed by atoms with van der Waals surface area (Å²) in [6.07, 6.45) is -0.0636. The molecule has 0 radical (unpaired) electrons. The predicted molar refractivity (Wildman–Crippen MR) is 274 cm³/mol. The van der Waals surface area contributed by atoms with Crippen molar-refractivity contribution in [3.63, 3.8) is 0 Å². The average molecular weight is 988 g/mol. The normalized spacial score (nSPS) is 18.1. The number of methoxy groups -OCH3 is 2. The lowest BCUT2D eigenvalue weighted by Crippen LogP contribution is -2.51. The molecule has 0 spiro atoms. The molecule has 2 aromatic heterocycles. The monoisotopic (exact) mass is 987 g/mol. The minimum Gasteiger partial charge on any atom is -0.497 e. The lowest BCUT2D eigenvalue weighted by Gasteiger charge is -2.43. The second-order valence-corrected chi connectivity index (χ2v) is 25.4. The third kappa shape index (κ3) is 11.3. The Morgan fingerprint density at radius 1 is 0.829 bits per heavy atom. The lowest BCUT2D eigenvalue weighted by atomic mass is 9.80. The van der Waals surface area contributed by atoms with Crippen LogP contribution in [-0.2, 0) is 28.5 Å². The first-order chi connectivity index (χ1) is 33.5. The first-order valence-electron chi connectivity index (χ1n) is 23.6. The molecule has 1 aliphatic heterocycles. The molecule has 7 rings (SSSR count). The van der Waals surface area contributed by atoms with Crippen LogP contribution in [0.15, 0.2) is 122 Å². The van der Waals surface area contributed by atoms with Crippen LogP contribution in [0, 0.1) is 11.3 Å². The Balaban J connectivity index is 1.40. The molecule has 0 bridgehead atoms. The van der Waals surface area contributed by atoms with E-state index in [1.807, 2.05) is 77.4 Å². The molecule has 6 aromatic rings. The zero-order valence-electron chi connectivity index (χ0n) is 42.0. The van der Waals surface area contributed by atoms with Crippen molar-refractivity contribution in [1.29, 1.82) is 5.26 Å². The maximum Gasteiger partial charge on any atom is 0.259 e. The smallest absolute Gasteiger partial charge is 0.259 e. The number of nitriles is 1. The van der Waals surface area contributed by atoms with E-state index < -0.39 is 47.0 Å². The minimum absolute atomic E-state index is 0.00550. The molecule has 1 fully saturated rings. The van der Waals surface area contributed by atoms with E-state index in [2.05, 4.69) is 94.7 Å². The summed E-state index contributed by atoms with van der Waals surface area (Å²) < 4.78 is 51.7. The summed E-state index contributed by atoms with van der Waals surface area (Å²) in [4.78, 5) is 27.5.